The van der Waals surface area contributed by atoms with E-state index in [1.54, 1.807) is 0 Å². The van der Waals surface area contributed by atoms with Crippen molar-refractivity contribution in [3.8, 4) is 0 Å². The summed E-state index contributed by atoms with van der Waals surface area (Å²) in [7, 11) is 0. The van der Waals surface area contributed by atoms with Crippen molar-refractivity contribution >= 4 is 6.09 Å². The summed E-state index contributed by atoms with van der Waals surface area (Å²) in [5.74, 6) is 0. The zero-order chi connectivity index (χ0) is 24.9. The van der Waals surface area contributed by atoms with Crippen LogP contribution >= 0.6 is 0 Å². The van der Waals surface area contributed by atoms with E-state index in [1.807, 2.05) is 39.0 Å². The molecule has 1 amide bonds. The number of nitrogens with one attached hydrogen (secondary N) is 1. The molecule has 0 aliphatic rings. The Morgan fingerprint density at radius 3 is 1.79 bits per heavy atom. The van der Waals surface area contributed by atoms with E-state index < -0.39 is 5.60 Å². The molecular formula is C30H53NO3. The molecule has 4 heteroatoms. The lowest BCUT2D eigenvalue weighted by Gasteiger charge is -2.23. The molecule has 1 aromatic rings. The van der Waals surface area contributed by atoms with Gasteiger partial charge >= 0.3 is 6.09 Å². The summed E-state index contributed by atoms with van der Waals surface area (Å²) in [5.41, 5.74) is 0.657. The lowest BCUT2D eigenvalue weighted by molar-refractivity contribution is 0.0420. The number of hydrogen-bond donors (Lipinski definition) is 1. The van der Waals surface area contributed by atoms with E-state index in [0.29, 0.717) is 13.2 Å². The SMILES string of the molecule is CCCCCCCCCCCCCCCC[C@H](COCc1ccccc1)NC(=O)OC(C)(C)C. The number of benzene rings is 1. The lowest BCUT2D eigenvalue weighted by atomic mass is 10.0. The van der Waals surface area contributed by atoms with E-state index in [4.69, 9.17) is 9.47 Å². The van der Waals surface area contributed by atoms with E-state index in [1.165, 1.54) is 83.5 Å². The Labute approximate surface area is 210 Å². The third kappa shape index (κ3) is 18.8. The molecule has 0 aromatic heterocycles. The van der Waals surface area contributed by atoms with Gasteiger partial charge in [0.2, 0.25) is 0 Å². The predicted molar refractivity (Wildman–Crippen MR) is 144 cm³/mol. The Balaban J connectivity index is 2.15. The molecule has 0 aliphatic carbocycles. The first-order valence-corrected chi connectivity index (χ1v) is 14.0. The highest BCUT2D eigenvalue weighted by Crippen LogP contribution is 2.15. The van der Waals surface area contributed by atoms with Crippen LogP contribution in [0.25, 0.3) is 0 Å². The molecule has 0 fully saturated rings. The van der Waals surface area contributed by atoms with E-state index in [-0.39, 0.29) is 12.1 Å². The molecule has 0 saturated carbocycles. The van der Waals surface area contributed by atoms with Crippen LogP contribution in [0.4, 0.5) is 4.79 Å². The van der Waals surface area contributed by atoms with Gasteiger partial charge < -0.3 is 14.8 Å². The van der Waals surface area contributed by atoms with Gasteiger partial charge in [0.25, 0.3) is 0 Å². The van der Waals surface area contributed by atoms with Crippen LogP contribution in [0.15, 0.2) is 30.3 Å². The van der Waals surface area contributed by atoms with Gasteiger partial charge in [0.1, 0.15) is 5.60 Å². The number of hydrogen-bond acceptors (Lipinski definition) is 3. The fourth-order valence-corrected chi connectivity index (χ4v) is 4.15. The summed E-state index contributed by atoms with van der Waals surface area (Å²) in [6.45, 7) is 9.02. The minimum absolute atomic E-state index is 0.0177. The Morgan fingerprint density at radius 1 is 0.794 bits per heavy atom. The third-order valence-corrected chi connectivity index (χ3v) is 6.06. The van der Waals surface area contributed by atoms with Crippen molar-refractivity contribution in [2.45, 2.75) is 142 Å². The molecule has 0 saturated heterocycles. The van der Waals surface area contributed by atoms with Crippen molar-refractivity contribution in [3.05, 3.63) is 35.9 Å². The number of amides is 1. The number of ether oxygens (including phenoxy) is 2. The second-order valence-corrected chi connectivity index (χ2v) is 10.7. The fraction of sp³-hybridized carbons (Fsp3) is 0.767. The highest BCUT2D eigenvalue weighted by molar-refractivity contribution is 5.68. The molecule has 34 heavy (non-hydrogen) atoms. The van der Waals surface area contributed by atoms with Crippen LogP contribution in [0.3, 0.4) is 0 Å². The maximum Gasteiger partial charge on any atom is 0.407 e. The molecular weight excluding hydrogens is 422 g/mol. The first-order valence-electron chi connectivity index (χ1n) is 14.0. The van der Waals surface area contributed by atoms with E-state index in [2.05, 4.69) is 24.4 Å². The smallest absolute Gasteiger partial charge is 0.407 e. The quantitative estimate of drug-likeness (QED) is 0.191. The number of rotatable bonds is 20. The maximum atomic E-state index is 12.3. The van der Waals surface area contributed by atoms with Crippen LogP contribution in [0.2, 0.25) is 0 Å². The van der Waals surface area contributed by atoms with E-state index in [9.17, 15) is 4.79 Å². The second kappa shape index (κ2) is 19.7. The number of unbranched alkanes of at least 4 members (excludes halogenated alkanes) is 13. The minimum Gasteiger partial charge on any atom is -0.444 e. The first-order chi connectivity index (χ1) is 16.4. The molecule has 1 aromatic carbocycles. The topological polar surface area (TPSA) is 47.6 Å². The largest absolute Gasteiger partial charge is 0.444 e. The average molecular weight is 476 g/mol. The normalized spacial score (nSPS) is 12.5. The predicted octanol–water partition coefficient (Wildman–Crippen LogP) is 8.97. The molecule has 0 spiro atoms. The van der Waals surface area contributed by atoms with Crippen LogP contribution in [-0.4, -0.2) is 24.3 Å². The Bertz CT molecular complexity index is 597. The van der Waals surface area contributed by atoms with Crippen molar-refractivity contribution in [3.63, 3.8) is 0 Å². The average Bonchev–Trinajstić information content (AvgIpc) is 2.78. The Hall–Kier alpha value is -1.55. The highest BCUT2D eigenvalue weighted by Gasteiger charge is 2.19. The van der Waals surface area contributed by atoms with Crippen LogP contribution in [0.1, 0.15) is 130 Å². The lowest BCUT2D eigenvalue weighted by Crippen LogP contribution is -2.41. The van der Waals surface area contributed by atoms with E-state index in [0.717, 1.165) is 18.4 Å². The molecule has 4 nitrogen and oxygen atoms in total. The van der Waals surface area contributed by atoms with Crippen LogP contribution in [0.5, 0.6) is 0 Å². The van der Waals surface area contributed by atoms with E-state index >= 15 is 0 Å². The van der Waals surface area contributed by atoms with Gasteiger partial charge in [-0.15, -0.1) is 0 Å². The van der Waals surface area contributed by atoms with Gasteiger partial charge in [-0.3, -0.25) is 0 Å². The Morgan fingerprint density at radius 2 is 1.29 bits per heavy atom. The summed E-state index contributed by atoms with van der Waals surface area (Å²) < 4.78 is 11.4. The van der Waals surface area contributed by atoms with Gasteiger partial charge in [0, 0.05) is 0 Å². The zero-order valence-electron chi connectivity index (χ0n) is 22.7. The molecule has 0 unspecified atom stereocenters. The number of alkyl carbamates (subject to hydrolysis) is 1. The summed E-state index contributed by atoms with van der Waals surface area (Å²) in [4.78, 5) is 12.3. The molecule has 196 valence electrons. The minimum atomic E-state index is -0.491. The van der Waals surface area contributed by atoms with Crippen LogP contribution in [0, 0.1) is 0 Å². The monoisotopic (exact) mass is 475 g/mol. The van der Waals surface area contributed by atoms with Gasteiger partial charge in [-0.25, -0.2) is 4.79 Å². The van der Waals surface area contributed by atoms with Gasteiger partial charge in [0.05, 0.1) is 19.3 Å². The summed E-state index contributed by atoms with van der Waals surface area (Å²) in [6, 6.07) is 10.1. The highest BCUT2D eigenvalue weighted by atomic mass is 16.6. The van der Waals surface area contributed by atoms with Gasteiger partial charge in [-0.2, -0.15) is 0 Å². The van der Waals surface area contributed by atoms with Gasteiger partial charge in [-0.1, -0.05) is 127 Å². The van der Waals surface area contributed by atoms with Crippen LogP contribution in [-0.2, 0) is 16.1 Å². The third-order valence-electron chi connectivity index (χ3n) is 6.06. The molecule has 0 aliphatic heterocycles. The molecule has 1 N–H and O–H groups in total. The Kier molecular flexibility index (Phi) is 17.7. The molecule has 1 rings (SSSR count). The van der Waals surface area contributed by atoms with Crippen molar-refractivity contribution in [1.82, 2.24) is 5.32 Å². The molecule has 0 radical (unpaired) electrons. The molecule has 0 heterocycles. The maximum absolute atomic E-state index is 12.3. The van der Waals surface area contributed by atoms with Crippen molar-refractivity contribution in [1.29, 1.82) is 0 Å². The standard InChI is InChI=1S/C30H53NO3/c1-5-6-7-8-9-10-11-12-13-14-15-16-17-21-24-28(31-29(32)34-30(2,3)4)26-33-25-27-22-19-18-20-23-27/h18-20,22-23,28H,5-17,21,24-26H2,1-4H3,(H,31,32)/t28-/m1/s1. The molecule has 0 bridgehead atoms. The van der Waals surface area contributed by atoms with Crippen molar-refractivity contribution in [2.75, 3.05) is 6.61 Å². The van der Waals surface area contributed by atoms with Gasteiger partial charge in [-0.05, 0) is 32.8 Å². The van der Waals surface area contributed by atoms with Crippen LogP contribution < -0.4 is 5.32 Å². The summed E-state index contributed by atoms with van der Waals surface area (Å²) in [6.07, 6.45) is 19.5. The summed E-state index contributed by atoms with van der Waals surface area (Å²) in [5, 5.41) is 3.02. The zero-order valence-corrected chi connectivity index (χ0v) is 22.7. The van der Waals surface area contributed by atoms with Crippen molar-refractivity contribution < 1.29 is 14.3 Å². The number of carbonyl (C=O) groups excluding carboxylic acids is 1. The second-order valence-electron chi connectivity index (χ2n) is 10.7. The van der Waals surface area contributed by atoms with Crippen molar-refractivity contribution in [2.24, 2.45) is 0 Å². The molecule has 1 atom stereocenters. The first kappa shape index (κ1) is 30.5. The van der Waals surface area contributed by atoms with Gasteiger partial charge in [0.15, 0.2) is 0 Å². The number of carbonyl (C=O) groups is 1. The fourth-order valence-electron chi connectivity index (χ4n) is 4.15. The summed E-state index contributed by atoms with van der Waals surface area (Å²) >= 11 is 0.